The van der Waals surface area contributed by atoms with Crippen molar-refractivity contribution in [3.05, 3.63) is 18.5 Å². The molecule has 0 radical (unpaired) electrons. The topological polar surface area (TPSA) is 73.7 Å². The van der Waals surface area contributed by atoms with Crippen molar-refractivity contribution in [2.75, 3.05) is 4.90 Å². The molecule has 5 nitrogen and oxygen atoms in total. The normalized spacial score (nSPS) is 11.1. The van der Waals surface area contributed by atoms with Crippen molar-refractivity contribution in [1.29, 1.82) is 0 Å². The van der Waals surface area contributed by atoms with E-state index in [0.717, 1.165) is 4.90 Å². The summed E-state index contributed by atoms with van der Waals surface area (Å²) in [5.41, 5.74) is -0.226. The maximum Gasteiger partial charge on any atom is 0.412 e. The maximum absolute atomic E-state index is 11.1. The van der Waals surface area contributed by atoms with E-state index in [1.807, 2.05) is 0 Å². The van der Waals surface area contributed by atoms with Gasteiger partial charge >= 0.3 is 6.09 Å². The van der Waals surface area contributed by atoms with Gasteiger partial charge in [-0.1, -0.05) is 0 Å². The van der Waals surface area contributed by atoms with Gasteiger partial charge in [0.05, 0.1) is 18.1 Å². The van der Waals surface area contributed by atoms with E-state index in [9.17, 15) is 9.90 Å². The molecule has 1 amide bonds. The highest BCUT2D eigenvalue weighted by molar-refractivity contribution is 5.87. The highest BCUT2D eigenvalue weighted by Gasteiger charge is 2.28. The quantitative estimate of drug-likeness (QED) is 0.744. The molecule has 0 fully saturated rings. The Labute approximate surface area is 88.0 Å². The van der Waals surface area contributed by atoms with Crippen molar-refractivity contribution >= 4 is 11.8 Å². The van der Waals surface area contributed by atoms with E-state index in [2.05, 4.69) is 4.98 Å². The lowest BCUT2D eigenvalue weighted by Gasteiger charge is -2.32. The van der Waals surface area contributed by atoms with Crippen molar-refractivity contribution in [2.24, 2.45) is 0 Å². The summed E-state index contributed by atoms with van der Waals surface area (Å²) < 4.78 is 0. The number of pyridine rings is 1. The third kappa shape index (κ3) is 2.59. The zero-order valence-corrected chi connectivity index (χ0v) is 8.93. The van der Waals surface area contributed by atoms with Crippen molar-refractivity contribution in [1.82, 2.24) is 4.98 Å². The van der Waals surface area contributed by atoms with Gasteiger partial charge in [-0.3, -0.25) is 9.88 Å². The van der Waals surface area contributed by atoms with E-state index in [1.54, 1.807) is 20.8 Å². The molecular weight excluding hydrogens is 196 g/mol. The van der Waals surface area contributed by atoms with Crippen molar-refractivity contribution in [2.45, 2.75) is 26.3 Å². The first-order chi connectivity index (χ1) is 6.82. The number of anilines is 1. The van der Waals surface area contributed by atoms with E-state index >= 15 is 0 Å². The van der Waals surface area contributed by atoms with Gasteiger partial charge in [-0.15, -0.1) is 0 Å². The van der Waals surface area contributed by atoms with Gasteiger partial charge in [0.1, 0.15) is 5.75 Å². The van der Waals surface area contributed by atoms with Gasteiger partial charge in [0.2, 0.25) is 0 Å². The van der Waals surface area contributed by atoms with Crippen LogP contribution in [0.25, 0.3) is 0 Å². The second kappa shape index (κ2) is 3.76. The van der Waals surface area contributed by atoms with Crippen LogP contribution in [0.1, 0.15) is 20.8 Å². The van der Waals surface area contributed by atoms with E-state index in [4.69, 9.17) is 5.11 Å². The summed E-state index contributed by atoms with van der Waals surface area (Å²) in [4.78, 5) is 16.0. The number of nitrogens with zero attached hydrogens (tertiary/aromatic N) is 2. The second-order valence-electron chi connectivity index (χ2n) is 4.19. The average molecular weight is 210 g/mol. The lowest BCUT2D eigenvalue weighted by Crippen LogP contribution is -2.45. The van der Waals surface area contributed by atoms with E-state index in [0.29, 0.717) is 5.69 Å². The van der Waals surface area contributed by atoms with Crippen LogP contribution in [0.4, 0.5) is 10.5 Å². The summed E-state index contributed by atoms with van der Waals surface area (Å²) in [5, 5.41) is 18.3. The number of aromatic hydroxyl groups is 1. The summed E-state index contributed by atoms with van der Waals surface area (Å²) in [7, 11) is 0. The van der Waals surface area contributed by atoms with E-state index in [-0.39, 0.29) is 5.75 Å². The number of rotatable bonds is 1. The summed E-state index contributed by atoms with van der Waals surface area (Å²) in [6.07, 6.45) is 1.58. The zero-order valence-electron chi connectivity index (χ0n) is 8.93. The Kier molecular flexibility index (Phi) is 2.83. The fourth-order valence-corrected chi connectivity index (χ4v) is 1.32. The Balaban J connectivity index is 3.16. The fourth-order valence-electron chi connectivity index (χ4n) is 1.32. The van der Waals surface area contributed by atoms with Crippen LogP contribution in [0.2, 0.25) is 0 Å². The Hall–Kier alpha value is -1.78. The maximum atomic E-state index is 11.1. The molecule has 0 atom stereocenters. The summed E-state index contributed by atoms with van der Waals surface area (Å²) in [6, 6.07) is 1.37. The monoisotopic (exact) mass is 210 g/mol. The van der Waals surface area contributed by atoms with Crippen LogP contribution >= 0.6 is 0 Å². The number of carbonyl (C=O) groups is 1. The highest BCUT2D eigenvalue weighted by atomic mass is 16.4. The van der Waals surface area contributed by atoms with Gasteiger partial charge in [0, 0.05) is 11.6 Å². The van der Waals surface area contributed by atoms with E-state index in [1.165, 1.54) is 18.5 Å². The molecule has 0 spiro atoms. The molecule has 0 aliphatic carbocycles. The number of amides is 1. The van der Waals surface area contributed by atoms with Gasteiger partial charge in [-0.05, 0) is 20.8 Å². The Morgan fingerprint density at radius 3 is 2.40 bits per heavy atom. The number of carboxylic acid groups (broad SMARTS) is 1. The van der Waals surface area contributed by atoms with Gasteiger partial charge in [0.15, 0.2) is 0 Å². The Morgan fingerprint density at radius 1 is 1.40 bits per heavy atom. The molecule has 2 N–H and O–H groups in total. The van der Waals surface area contributed by atoms with Gasteiger partial charge in [0.25, 0.3) is 0 Å². The molecule has 0 aliphatic rings. The molecule has 0 unspecified atom stereocenters. The second-order valence-corrected chi connectivity index (χ2v) is 4.19. The molecule has 0 aliphatic heterocycles. The van der Waals surface area contributed by atoms with Crippen molar-refractivity contribution in [3.63, 3.8) is 0 Å². The van der Waals surface area contributed by atoms with Crippen LogP contribution in [-0.2, 0) is 0 Å². The predicted molar refractivity (Wildman–Crippen MR) is 56.2 cm³/mol. The van der Waals surface area contributed by atoms with Crippen LogP contribution in [0, 0.1) is 0 Å². The molecule has 1 aromatic rings. The average Bonchev–Trinajstić information content (AvgIpc) is 1.99. The molecule has 1 rings (SSSR count). The summed E-state index contributed by atoms with van der Waals surface area (Å²) in [5.74, 6) is -0.0528. The standard InChI is InChI=1S/C10H14N2O3/c1-10(2,3)12(9(14)15)7-4-8(13)6-11-5-7/h4-6,13H,1-3H3,(H,14,15). The molecule has 0 aromatic carbocycles. The first-order valence-corrected chi connectivity index (χ1v) is 4.49. The minimum atomic E-state index is -1.07. The lowest BCUT2D eigenvalue weighted by molar-refractivity contribution is 0.195. The molecule has 0 saturated carbocycles. The molecule has 15 heavy (non-hydrogen) atoms. The Bertz CT molecular complexity index is 371. The number of hydrogen-bond acceptors (Lipinski definition) is 3. The first kappa shape index (κ1) is 11.3. The number of aromatic nitrogens is 1. The third-order valence-corrected chi connectivity index (χ3v) is 1.83. The first-order valence-electron chi connectivity index (χ1n) is 4.49. The molecule has 82 valence electrons. The minimum Gasteiger partial charge on any atom is -0.506 e. The van der Waals surface area contributed by atoms with Crippen molar-refractivity contribution in [3.8, 4) is 5.75 Å². The minimum absolute atomic E-state index is 0.0528. The van der Waals surface area contributed by atoms with Gasteiger partial charge in [-0.25, -0.2) is 4.79 Å². The molecule has 0 saturated heterocycles. The van der Waals surface area contributed by atoms with E-state index < -0.39 is 11.6 Å². The SMILES string of the molecule is CC(C)(C)N(C(=O)O)c1cncc(O)c1. The van der Waals surface area contributed by atoms with Crippen molar-refractivity contribution < 1.29 is 15.0 Å². The number of hydrogen-bond donors (Lipinski definition) is 2. The summed E-state index contributed by atoms with van der Waals surface area (Å²) in [6.45, 7) is 5.31. The van der Waals surface area contributed by atoms with Crippen LogP contribution in [0.5, 0.6) is 5.75 Å². The predicted octanol–water partition coefficient (Wildman–Crippen LogP) is 2.07. The molecule has 1 heterocycles. The van der Waals surface area contributed by atoms with Crippen LogP contribution in [0.3, 0.4) is 0 Å². The molecule has 0 bridgehead atoms. The molecular formula is C10H14N2O3. The molecule has 1 aromatic heterocycles. The zero-order chi connectivity index (χ0) is 11.6. The highest BCUT2D eigenvalue weighted by Crippen LogP contribution is 2.25. The van der Waals surface area contributed by atoms with Gasteiger partial charge < -0.3 is 10.2 Å². The molecule has 5 heteroatoms. The van der Waals surface area contributed by atoms with Crippen LogP contribution < -0.4 is 4.90 Å². The van der Waals surface area contributed by atoms with Crippen LogP contribution in [0.15, 0.2) is 18.5 Å². The lowest BCUT2D eigenvalue weighted by atomic mass is 10.1. The Morgan fingerprint density at radius 2 is 2.00 bits per heavy atom. The van der Waals surface area contributed by atoms with Gasteiger partial charge in [-0.2, -0.15) is 0 Å². The smallest absolute Gasteiger partial charge is 0.412 e. The third-order valence-electron chi connectivity index (χ3n) is 1.83. The largest absolute Gasteiger partial charge is 0.506 e. The fraction of sp³-hybridized carbons (Fsp3) is 0.400. The van der Waals surface area contributed by atoms with Crippen LogP contribution in [-0.4, -0.2) is 26.8 Å². The summed E-state index contributed by atoms with van der Waals surface area (Å²) >= 11 is 0.